The lowest BCUT2D eigenvalue weighted by atomic mass is 10.1. The number of fused-ring (bicyclic) bond motifs is 1. The van der Waals surface area contributed by atoms with E-state index in [1.165, 1.54) is 11.3 Å². The predicted molar refractivity (Wildman–Crippen MR) is 138 cm³/mol. The van der Waals surface area contributed by atoms with Gasteiger partial charge in [-0.05, 0) is 60.0 Å². The summed E-state index contributed by atoms with van der Waals surface area (Å²) in [6.45, 7) is 2.07. The Hall–Kier alpha value is -3.67. The Bertz CT molecular complexity index is 1500. The summed E-state index contributed by atoms with van der Waals surface area (Å²) in [5, 5.41) is 4.16. The van der Waals surface area contributed by atoms with E-state index in [9.17, 15) is 9.59 Å². The van der Waals surface area contributed by atoms with Crippen LogP contribution in [0.1, 0.15) is 38.3 Å². The molecule has 4 nitrogen and oxygen atoms in total. The van der Waals surface area contributed by atoms with Crippen LogP contribution in [-0.2, 0) is 6.42 Å². The molecule has 34 heavy (non-hydrogen) atoms. The van der Waals surface area contributed by atoms with E-state index < -0.39 is 0 Å². The lowest BCUT2D eigenvalue weighted by Gasteiger charge is -2.05. The Morgan fingerprint density at radius 1 is 0.941 bits per heavy atom. The second kappa shape index (κ2) is 9.29. The van der Waals surface area contributed by atoms with Crippen LogP contribution in [0.25, 0.3) is 21.4 Å². The number of hydrogen-bond donors (Lipinski definition) is 1. The molecule has 0 saturated carbocycles. The minimum Gasteiger partial charge on any atom is -0.450 e. The topological polar surface area (TPSA) is 59.3 Å². The van der Waals surface area contributed by atoms with Crippen LogP contribution in [0, 0.1) is 0 Å². The molecule has 0 unspecified atom stereocenters. The van der Waals surface area contributed by atoms with Crippen LogP contribution in [0.2, 0.25) is 5.02 Å². The summed E-state index contributed by atoms with van der Waals surface area (Å²) in [5.41, 5.74) is 3.51. The van der Waals surface area contributed by atoms with Gasteiger partial charge in [0.15, 0.2) is 5.76 Å². The van der Waals surface area contributed by atoms with Gasteiger partial charge in [-0.2, -0.15) is 0 Å². The van der Waals surface area contributed by atoms with Crippen molar-refractivity contribution < 1.29 is 14.0 Å². The number of furan rings is 1. The number of anilines is 1. The van der Waals surface area contributed by atoms with E-state index in [0.717, 1.165) is 22.4 Å². The zero-order valence-corrected chi connectivity index (χ0v) is 19.9. The van der Waals surface area contributed by atoms with Gasteiger partial charge in [-0.25, -0.2) is 0 Å². The molecule has 5 rings (SSSR count). The largest absolute Gasteiger partial charge is 0.450 e. The van der Waals surface area contributed by atoms with Crippen molar-refractivity contribution in [3.8, 4) is 10.4 Å². The SMILES string of the molecule is CCc1cc(C(=O)Nc2c(C(=O)c3ccc(Cl)cc3)oc3ccccc23)sc1-c1ccccc1. The Labute approximate surface area is 205 Å². The van der Waals surface area contributed by atoms with Gasteiger partial charge in [-0.15, -0.1) is 11.3 Å². The Morgan fingerprint density at radius 2 is 1.65 bits per heavy atom. The highest BCUT2D eigenvalue weighted by molar-refractivity contribution is 7.17. The molecule has 5 aromatic rings. The molecule has 168 valence electrons. The van der Waals surface area contributed by atoms with Crippen molar-refractivity contribution in [3.63, 3.8) is 0 Å². The average Bonchev–Trinajstić information content (AvgIpc) is 3.47. The van der Waals surface area contributed by atoms with E-state index in [1.54, 1.807) is 30.3 Å². The quantitative estimate of drug-likeness (QED) is 0.249. The molecule has 0 aliphatic carbocycles. The van der Waals surface area contributed by atoms with E-state index in [1.807, 2.05) is 54.6 Å². The summed E-state index contributed by atoms with van der Waals surface area (Å²) in [4.78, 5) is 28.3. The lowest BCUT2D eigenvalue weighted by Crippen LogP contribution is -2.13. The number of para-hydroxylation sites is 1. The number of rotatable bonds is 6. The Balaban J connectivity index is 1.53. The summed E-state index contributed by atoms with van der Waals surface area (Å²) in [7, 11) is 0. The standard InChI is InChI=1S/C28H20ClNO3S/c1-2-17-16-23(34-27(17)19-8-4-3-5-9-19)28(32)30-24-21-10-6-7-11-22(21)33-26(24)25(31)18-12-14-20(29)15-13-18/h3-16H,2H2,1H3,(H,30,32). The highest BCUT2D eigenvalue weighted by atomic mass is 35.5. The molecule has 0 aliphatic rings. The van der Waals surface area contributed by atoms with Crippen molar-refractivity contribution in [2.45, 2.75) is 13.3 Å². The third-order valence-electron chi connectivity index (χ3n) is 5.60. The molecule has 0 fully saturated rings. The number of hydrogen-bond acceptors (Lipinski definition) is 4. The first kappa shape index (κ1) is 22.1. The number of carbonyl (C=O) groups is 2. The Kier molecular flexibility index (Phi) is 6.05. The lowest BCUT2D eigenvalue weighted by molar-refractivity contribution is 0.101. The molecule has 0 aliphatic heterocycles. The van der Waals surface area contributed by atoms with Gasteiger partial charge in [-0.3, -0.25) is 9.59 Å². The van der Waals surface area contributed by atoms with Gasteiger partial charge in [0.1, 0.15) is 5.58 Å². The number of nitrogens with one attached hydrogen (secondary N) is 1. The van der Waals surface area contributed by atoms with Gasteiger partial charge < -0.3 is 9.73 Å². The monoisotopic (exact) mass is 485 g/mol. The van der Waals surface area contributed by atoms with Crippen molar-refractivity contribution in [1.29, 1.82) is 0 Å². The number of halogens is 1. The molecular formula is C28H20ClNO3S. The zero-order chi connectivity index (χ0) is 23.7. The number of carbonyl (C=O) groups excluding carboxylic acids is 2. The van der Waals surface area contributed by atoms with Crippen LogP contribution in [0.4, 0.5) is 5.69 Å². The van der Waals surface area contributed by atoms with Gasteiger partial charge in [0.05, 0.1) is 10.6 Å². The van der Waals surface area contributed by atoms with Crippen molar-refractivity contribution in [1.82, 2.24) is 0 Å². The number of amides is 1. The van der Waals surface area contributed by atoms with Crippen LogP contribution < -0.4 is 5.32 Å². The van der Waals surface area contributed by atoms with Crippen molar-refractivity contribution >= 4 is 51.3 Å². The smallest absolute Gasteiger partial charge is 0.265 e. The van der Waals surface area contributed by atoms with Crippen LogP contribution in [0.15, 0.2) is 89.3 Å². The summed E-state index contributed by atoms with van der Waals surface area (Å²) < 4.78 is 5.91. The van der Waals surface area contributed by atoms with Crippen LogP contribution in [0.5, 0.6) is 0 Å². The zero-order valence-electron chi connectivity index (χ0n) is 18.3. The predicted octanol–water partition coefficient (Wildman–Crippen LogP) is 7.86. The highest BCUT2D eigenvalue weighted by Crippen LogP contribution is 2.36. The molecule has 1 amide bonds. The van der Waals surface area contributed by atoms with Gasteiger partial charge in [0.2, 0.25) is 5.78 Å². The second-order valence-electron chi connectivity index (χ2n) is 7.78. The molecule has 0 bridgehead atoms. The van der Waals surface area contributed by atoms with E-state index in [0.29, 0.717) is 32.1 Å². The van der Waals surface area contributed by atoms with E-state index in [-0.39, 0.29) is 17.5 Å². The number of ketones is 1. The fourth-order valence-corrected chi connectivity index (χ4v) is 5.15. The minimum atomic E-state index is -0.325. The number of aryl methyl sites for hydroxylation is 1. The minimum absolute atomic E-state index is 0.0902. The maximum atomic E-state index is 13.4. The first-order valence-electron chi connectivity index (χ1n) is 10.9. The van der Waals surface area contributed by atoms with E-state index >= 15 is 0 Å². The second-order valence-corrected chi connectivity index (χ2v) is 9.27. The summed E-state index contributed by atoms with van der Waals surface area (Å²) in [6.07, 6.45) is 0.808. The van der Waals surface area contributed by atoms with E-state index in [4.69, 9.17) is 16.0 Å². The van der Waals surface area contributed by atoms with Crippen LogP contribution in [-0.4, -0.2) is 11.7 Å². The Morgan fingerprint density at radius 3 is 2.38 bits per heavy atom. The molecule has 0 atom stereocenters. The normalized spacial score (nSPS) is 11.0. The average molecular weight is 486 g/mol. The fourth-order valence-electron chi connectivity index (χ4n) is 3.87. The molecule has 3 aromatic carbocycles. The van der Waals surface area contributed by atoms with Gasteiger partial charge in [0, 0.05) is 20.8 Å². The summed E-state index contributed by atoms with van der Waals surface area (Å²) >= 11 is 7.42. The molecular weight excluding hydrogens is 466 g/mol. The van der Waals surface area contributed by atoms with Crippen LogP contribution in [0.3, 0.4) is 0 Å². The fraction of sp³-hybridized carbons (Fsp3) is 0.0714. The van der Waals surface area contributed by atoms with Crippen molar-refractivity contribution in [2.75, 3.05) is 5.32 Å². The maximum Gasteiger partial charge on any atom is 0.265 e. The number of thiophene rings is 1. The molecule has 6 heteroatoms. The molecule has 0 spiro atoms. The van der Waals surface area contributed by atoms with E-state index in [2.05, 4.69) is 12.2 Å². The number of benzene rings is 3. The molecule has 0 saturated heterocycles. The molecule has 2 heterocycles. The molecule has 1 N–H and O–H groups in total. The third-order valence-corrected chi connectivity index (χ3v) is 7.07. The third kappa shape index (κ3) is 4.16. The maximum absolute atomic E-state index is 13.4. The first-order chi connectivity index (χ1) is 16.5. The van der Waals surface area contributed by atoms with Gasteiger partial charge in [0.25, 0.3) is 5.91 Å². The van der Waals surface area contributed by atoms with Crippen molar-refractivity contribution in [2.24, 2.45) is 0 Å². The highest BCUT2D eigenvalue weighted by Gasteiger charge is 2.25. The molecule has 0 radical (unpaired) electrons. The summed E-state index contributed by atoms with van der Waals surface area (Å²) in [6, 6.07) is 25.8. The van der Waals surface area contributed by atoms with Crippen molar-refractivity contribution in [3.05, 3.63) is 112 Å². The summed E-state index contributed by atoms with van der Waals surface area (Å²) in [5.74, 6) is -0.514. The van der Waals surface area contributed by atoms with Gasteiger partial charge in [-0.1, -0.05) is 61.0 Å². The van der Waals surface area contributed by atoms with Crippen LogP contribution >= 0.6 is 22.9 Å². The molecule has 2 aromatic heterocycles. The first-order valence-corrected chi connectivity index (χ1v) is 12.1. The van der Waals surface area contributed by atoms with Gasteiger partial charge >= 0.3 is 0 Å².